The quantitative estimate of drug-likeness (QED) is 0.686. The molecule has 0 aliphatic rings. The van der Waals surface area contributed by atoms with E-state index in [4.69, 9.17) is 0 Å². The lowest BCUT2D eigenvalue weighted by Gasteiger charge is -2.19. The van der Waals surface area contributed by atoms with Crippen LogP contribution in [0.3, 0.4) is 0 Å². The molecule has 0 fully saturated rings. The highest BCUT2D eigenvalue weighted by Gasteiger charge is 2.19. The van der Waals surface area contributed by atoms with E-state index >= 15 is 0 Å². The second-order valence-corrected chi connectivity index (χ2v) is 4.48. The third-order valence-corrected chi connectivity index (χ3v) is 2.65. The van der Waals surface area contributed by atoms with Crippen molar-refractivity contribution < 1.29 is 4.79 Å². The van der Waals surface area contributed by atoms with Crippen molar-refractivity contribution in [2.24, 2.45) is 5.92 Å². The Hall–Kier alpha value is -1.15. The minimum Gasteiger partial charge on any atom is -0.309 e. The first-order valence-electron chi connectivity index (χ1n) is 5.89. The minimum atomic E-state index is 0.127. The molecule has 1 aromatic rings. The summed E-state index contributed by atoms with van der Waals surface area (Å²) >= 11 is 0. The van der Waals surface area contributed by atoms with Crippen LogP contribution in [0.15, 0.2) is 30.3 Å². The smallest absolute Gasteiger partial charge is 0.167 e. The molecule has 2 heteroatoms. The zero-order chi connectivity index (χ0) is 12.0. The first-order valence-corrected chi connectivity index (χ1v) is 5.89. The van der Waals surface area contributed by atoms with E-state index in [1.165, 1.54) is 0 Å². The van der Waals surface area contributed by atoms with E-state index in [0.29, 0.717) is 0 Å². The van der Waals surface area contributed by atoms with Gasteiger partial charge in [0.15, 0.2) is 5.78 Å². The Morgan fingerprint density at radius 1 is 1.25 bits per heavy atom. The van der Waals surface area contributed by atoms with E-state index in [2.05, 4.69) is 11.8 Å². The lowest BCUT2D eigenvalue weighted by atomic mass is 9.93. The van der Waals surface area contributed by atoms with E-state index < -0.39 is 0 Å². The predicted octanol–water partition coefficient (Wildman–Crippen LogP) is 2.85. The van der Waals surface area contributed by atoms with E-state index in [9.17, 15) is 4.79 Å². The largest absolute Gasteiger partial charge is 0.309 e. The molecule has 88 valence electrons. The highest BCUT2D eigenvalue weighted by Crippen LogP contribution is 2.15. The molecule has 1 atom stereocenters. The number of hydrogen-bond donors (Lipinski definition) is 0. The second kappa shape index (κ2) is 6.44. The molecule has 0 radical (unpaired) electrons. The van der Waals surface area contributed by atoms with Crippen molar-refractivity contribution in [1.82, 2.24) is 4.90 Å². The fourth-order valence-corrected chi connectivity index (χ4v) is 1.93. The van der Waals surface area contributed by atoms with Crippen molar-refractivity contribution in [3.05, 3.63) is 35.9 Å². The summed E-state index contributed by atoms with van der Waals surface area (Å²) in [6.07, 6.45) is 2.02. The van der Waals surface area contributed by atoms with Crippen LogP contribution in [0.4, 0.5) is 0 Å². The third-order valence-electron chi connectivity index (χ3n) is 2.65. The Kier molecular flexibility index (Phi) is 5.20. The number of hydrogen-bond acceptors (Lipinski definition) is 2. The maximum Gasteiger partial charge on any atom is 0.167 e. The Morgan fingerprint density at radius 3 is 2.38 bits per heavy atom. The van der Waals surface area contributed by atoms with Crippen molar-refractivity contribution >= 4 is 5.78 Å². The van der Waals surface area contributed by atoms with Gasteiger partial charge in [-0.25, -0.2) is 0 Å². The first-order chi connectivity index (χ1) is 7.65. The number of rotatable bonds is 6. The number of Topliss-reactive ketones (excluding diaryl/α,β-unsaturated/α-hetero) is 1. The van der Waals surface area contributed by atoms with Gasteiger partial charge in [0.25, 0.3) is 0 Å². The average Bonchev–Trinajstić information content (AvgIpc) is 2.28. The van der Waals surface area contributed by atoms with Crippen molar-refractivity contribution in [1.29, 1.82) is 0 Å². The zero-order valence-electron chi connectivity index (χ0n) is 10.4. The van der Waals surface area contributed by atoms with Crippen LogP contribution in [-0.4, -0.2) is 31.3 Å². The van der Waals surface area contributed by atoms with Gasteiger partial charge in [-0.2, -0.15) is 0 Å². The Labute approximate surface area is 98.3 Å². The Bertz CT molecular complexity index is 319. The van der Waals surface area contributed by atoms with Crippen molar-refractivity contribution in [2.45, 2.75) is 19.8 Å². The van der Waals surface area contributed by atoms with Gasteiger partial charge in [0.1, 0.15) is 0 Å². The molecule has 16 heavy (non-hydrogen) atoms. The number of nitrogens with zero attached hydrogens (tertiary/aromatic N) is 1. The molecule has 2 nitrogen and oxygen atoms in total. The van der Waals surface area contributed by atoms with Gasteiger partial charge in [0.2, 0.25) is 0 Å². The molecular formula is C14H21NO. The third kappa shape index (κ3) is 3.78. The Morgan fingerprint density at radius 2 is 1.88 bits per heavy atom. The number of benzene rings is 1. The molecule has 0 bridgehead atoms. The normalized spacial score (nSPS) is 12.8. The molecule has 0 aromatic heterocycles. The second-order valence-electron chi connectivity index (χ2n) is 4.48. The maximum atomic E-state index is 12.2. The van der Waals surface area contributed by atoms with Gasteiger partial charge in [0.05, 0.1) is 0 Å². The highest BCUT2D eigenvalue weighted by atomic mass is 16.1. The molecule has 0 unspecified atom stereocenters. The summed E-state index contributed by atoms with van der Waals surface area (Å²) in [5.41, 5.74) is 0.836. The molecule has 0 saturated heterocycles. The summed E-state index contributed by atoms with van der Waals surface area (Å²) in [5.74, 6) is 0.401. The van der Waals surface area contributed by atoms with E-state index in [1.807, 2.05) is 44.4 Å². The first kappa shape index (κ1) is 12.9. The zero-order valence-corrected chi connectivity index (χ0v) is 10.4. The monoisotopic (exact) mass is 219 g/mol. The molecule has 0 saturated carbocycles. The SMILES string of the molecule is CCC[C@H](CN(C)C)C(=O)c1ccccc1. The van der Waals surface area contributed by atoms with Gasteiger partial charge < -0.3 is 4.90 Å². The van der Waals surface area contributed by atoms with Gasteiger partial charge in [0, 0.05) is 18.0 Å². The van der Waals surface area contributed by atoms with E-state index in [1.54, 1.807) is 0 Å². The Balaban J connectivity index is 2.74. The maximum absolute atomic E-state index is 12.2. The minimum absolute atomic E-state index is 0.127. The summed E-state index contributed by atoms with van der Waals surface area (Å²) in [6.45, 7) is 2.96. The van der Waals surface area contributed by atoms with Crippen LogP contribution >= 0.6 is 0 Å². The summed E-state index contributed by atoms with van der Waals surface area (Å²) in [7, 11) is 4.03. The van der Waals surface area contributed by atoms with Crippen LogP contribution in [0.25, 0.3) is 0 Å². The molecule has 0 N–H and O–H groups in total. The summed E-state index contributed by atoms with van der Waals surface area (Å²) in [5, 5.41) is 0. The van der Waals surface area contributed by atoms with Crippen molar-refractivity contribution in [2.75, 3.05) is 20.6 Å². The molecule has 1 rings (SSSR count). The van der Waals surface area contributed by atoms with Gasteiger partial charge >= 0.3 is 0 Å². The molecule has 0 heterocycles. The van der Waals surface area contributed by atoms with Crippen LogP contribution < -0.4 is 0 Å². The molecule has 0 aliphatic heterocycles. The lowest BCUT2D eigenvalue weighted by molar-refractivity contribution is 0.0889. The van der Waals surface area contributed by atoms with Gasteiger partial charge in [-0.15, -0.1) is 0 Å². The van der Waals surface area contributed by atoms with Gasteiger partial charge in [-0.1, -0.05) is 43.7 Å². The lowest BCUT2D eigenvalue weighted by Crippen LogP contribution is -2.27. The topological polar surface area (TPSA) is 20.3 Å². The fourth-order valence-electron chi connectivity index (χ4n) is 1.93. The number of ketones is 1. The van der Waals surface area contributed by atoms with Gasteiger partial charge in [-0.3, -0.25) is 4.79 Å². The van der Waals surface area contributed by atoms with E-state index in [0.717, 1.165) is 24.9 Å². The molecule has 0 amide bonds. The molecule has 1 aromatic carbocycles. The van der Waals surface area contributed by atoms with Crippen LogP contribution in [0, 0.1) is 5.92 Å². The molecular weight excluding hydrogens is 198 g/mol. The predicted molar refractivity (Wildman–Crippen MR) is 67.7 cm³/mol. The average molecular weight is 219 g/mol. The van der Waals surface area contributed by atoms with Crippen molar-refractivity contribution in [3.8, 4) is 0 Å². The van der Waals surface area contributed by atoms with Crippen LogP contribution in [-0.2, 0) is 0 Å². The summed E-state index contributed by atoms with van der Waals surface area (Å²) in [6, 6.07) is 9.59. The fraction of sp³-hybridized carbons (Fsp3) is 0.500. The standard InChI is InChI=1S/C14H21NO/c1-4-8-13(11-15(2)3)14(16)12-9-6-5-7-10-12/h5-7,9-10,13H,4,8,11H2,1-3H3/t13-/m1/s1. The number of carbonyl (C=O) groups excluding carboxylic acids is 1. The molecule has 0 aliphatic carbocycles. The van der Waals surface area contributed by atoms with Crippen LogP contribution in [0.2, 0.25) is 0 Å². The highest BCUT2D eigenvalue weighted by molar-refractivity contribution is 5.97. The summed E-state index contributed by atoms with van der Waals surface area (Å²) in [4.78, 5) is 14.3. The van der Waals surface area contributed by atoms with Crippen LogP contribution in [0.5, 0.6) is 0 Å². The molecule has 0 spiro atoms. The van der Waals surface area contributed by atoms with Gasteiger partial charge in [-0.05, 0) is 20.5 Å². The van der Waals surface area contributed by atoms with Crippen LogP contribution in [0.1, 0.15) is 30.1 Å². The van der Waals surface area contributed by atoms with Crippen molar-refractivity contribution in [3.63, 3.8) is 0 Å². The van der Waals surface area contributed by atoms with E-state index in [-0.39, 0.29) is 11.7 Å². The number of carbonyl (C=O) groups is 1. The summed E-state index contributed by atoms with van der Waals surface area (Å²) < 4.78 is 0.